The van der Waals surface area contributed by atoms with Crippen LogP contribution in [-0.4, -0.2) is 52.3 Å². The number of hydrogen-bond donors (Lipinski definition) is 2. The van der Waals surface area contributed by atoms with Crippen molar-refractivity contribution in [3.8, 4) is 0 Å². The Morgan fingerprint density at radius 1 is 1.03 bits per heavy atom. The highest BCUT2D eigenvalue weighted by Gasteiger charge is 2.24. The quantitative estimate of drug-likeness (QED) is 0.514. The Morgan fingerprint density at radius 3 is 2.53 bits per heavy atom. The van der Waals surface area contributed by atoms with Crippen LogP contribution in [0.4, 0.5) is 11.4 Å². The normalized spacial score (nSPS) is 15.7. The van der Waals surface area contributed by atoms with Crippen molar-refractivity contribution >= 4 is 44.0 Å². The molecule has 4 rings (SSSR count). The first-order valence-corrected chi connectivity index (χ1v) is 12.9. The molecule has 1 aliphatic heterocycles. The molecule has 1 saturated heterocycles. The zero-order chi connectivity index (χ0) is 24.1. The molecule has 1 fully saturated rings. The van der Waals surface area contributed by atoms with Gasteiger partial charge in [0.1, 0.15) is 6.54 Å². The highest BCUT2D eigenvalue weighted by Crippen LogP contribution is 2.28. The van der Waals surface area contributed by atoms with Crippen LogP contribution in [0.3, 0.4) is 0 Å². The summed E-state index contributed by atoms with van der Waals surface area (Å²) in [6, 6.07) is 19.3. The van der Waals surface area contributed by atoms with Gasteiger partial charge in [-0.05, 0) is 36.4 Å². The first kappa shape index (κ1) is 23.7. The third-order valence-corrected chi connectivity index (χ3v) is 6.81. The summed E-state index contributed by atoms with van der Waals surface area (Å²) in [5, 5.41) is 7.13. The summed E-state index contributed by atoms with van der Waals surface area (Å²) < 4.78 is 31.8. The molecule has 0 spiro atoms. The lowest BCUT2D eigenvalue weighted by Gasteiger charge is -2.23. The topological polar surface area (TPSA) is 105 Å². The SMILES string of the molecule is CS(=O)(=O)N(CC(=O)Nc1ccccc1C(=O)NC[C@@H]1CCCO1)c1cccc2ccccc12. The molecular formula is C25H27N3O5S. The summed E-state index contributed by atoms with van der Waals surface area (Å²) in [6.07, 6.45) is 2.93. The summed E-state index contributed by atoms with van der Waals surface area (Å²) in [7, 11) is -3.76. The molecule has 1 atom stereocenters. The van der Waals surface area contributed by atoms with E-state index in [1.54, 1.807) is 36.4 Å². The van der Waals surface area contributed by atoms with Gasteiger partial charge < -0.3 is 15.4 Å². The first-order chi connectivity index (χ1) is 16.3. The van der Waals surface area contributed by atoms with Gasteiger partial charge >= 0.3 is 0 Å². The summed E-state index contributed by atoms with van der Waals surface area (Å²) in [5.41, 5.74) is 1.02. The minimum atomic E-state index is -3.76. The Hall–Kier alpha value is -3.43. The third kappa shape index (κ3) is 5.55. The number of carbonyl (C=O) groups is 2. The lowest BCUT2D eigenvalue weighted by atomic mass is 10.1. The van der Waals surface area contributed by atoms with Gasteiger partial charge in [-0.1, -0.05) is 48.5 Å². The fourth-order valence-electron chi connectivity index (χ4n) is 4.02. The zero-order valence-electron chi connectivity index (χ0n) is 18.9. The van der Waals surface area contributed by atoms with Crippen LogP contribution in [-0.2, 0) is 19.6 Å². The van der Waals surface area contributed by atoms with Gasteiger partial charge in [-0.3, -0.25) is 13.9 Å². The number of carbonyl (C=O) groups excluding carboxylic acids is 2. The van der Waals surface area contributed by atoms with Gasteiger partial charge in [-0.2, -0.15) is 0 Å². The van der Waals surface area contributed by atoms with E-state index in [9.17, 15) is 18.0 Å². The molecule has 2 amide bonds. The molecule has 0 bridgehead atoms. The average molecular weight is 482 g/mol. The van der Waals surface area contributed by atoms with Crippen LogP contribution in [0.15, 0.2) is 66.7 Å². The molecule has 34 heavy (non-hydrogen) atoms. The molecule has 1 heterocycles. The van der Waals surface area contributed by atoms with Crippen LogP contribution in [0.2, 0.25) is 0 Å². The Labute approximate surface area is 199 Å². The summed E-state index contributed by atoms with van der Waals surface area (Å²) in [4.78, 5) is 25.7. The minimum absolute atomic E-state index is 0.00489. The maximum Gasteiger partial charge on any atom is 0.253 e. The number of fused-ring (bicyclic) bond motifs is 1. The maximum absolute atomic E-state index is 13.0. The second-order valence-corrected chi connectivity index (χ2v) is 10.1. The van der Waals surface area contributed by atoms with Crippen LogP contribution in [0.1, 0.15) is 23.2 Å². The van der Waals surface area contributed by atoms with Crippen molar-refractivity contribution in [2.45, 2.75) is 18.9 Å². The monoisotopic (exact) mass is 481 g/mol. The highest BCUT2D eigenvalue weighted by molar-refractivity contribution is 7.92. The fraction of sp³-hybridized carbons (Fsp3) is 0.280. The van der Waals surface area contributed by atoms with Crippen molar-refractivity contribution in [3.63, 3.8) is 0 Å². The van der Waals surface area contributed by atoms with Gasteiger partial charge in [-0.25, -0.2) is 8.42 Å². The number of ether oxygens (including phenoxy) is 1. The fourth-order valence-corrected chi connectivity index (χ4v) is 4.89. The molecule has 8 nitrogen and oxygen atoms in total. The third-order valence-electron chi connectivity index (χ3n) is 5.68. The van der Waals surface area contributed by atoms with E-state index in [1.807, 2.05) is 30.3 Å². The van der Waals surface area contributed by atoms with Crippen molar-refractivity contribution in [3.05, 3.63) is 72.3 Å². The van der Waals surface area contributed by atoms with Crippen LogP contribution < -0.4 is 14.9 Å². The minimum Gasteiger partial charge on any atom is -0.376 e. The number of benzene rings is 3. The van der Waals surface area contributed by atoms with Crippen LogP contribution in [0, 0.1) is 0 Å². The summed E-state index contributed by atoms with van der Waals surface area (Å²) in [6.45, 7) is 0.656. The number of hydrogen-bond acceptors (Lipinski definition) is 5. The van der Waals surface area contributed by atoms with E-state index < -0.39 is 22.5 Å². The number of rotatable bonds is 8. The number of amides is 2. The molecule has 0 aromatic heterocycles. The molecule has 1 aliphatic rings. The summed E-state index contributed by atoms with van der Waals surface area (Å²) in [5.74, 6) is -0.891. The molecule has 3 aromatic carbocycles. The van der Waals surface area contributed by atoms with E-state index >= 15 is 0 Å². The summed E-state index contributed by atoms with van der Waals surface area (Å²) >= 11 is 0. The van der Waals surface area contributed by atoms with Gasteiger partial charge in [0.25, 0.3) is 5.91 Å². The molecule has 178 valence electrons. The number of nitrogens with one attached hydrogen (secondary N) is 2. The Bertz CT molecular complexity index is 1300. The van der Waals surface area contributed by atoms with Gasteiger partial charge in [0.05, 0.1) is 29.3 Å². The molecule has 3 aromatic rings. The second kappa shape index (κ2) is 10.2. The van der Waals surface area contributed by atoms with E-state index in [2.05, 4.69) is 10.6 Å². The predicted molar refractivity (Wildman–Crippen MR) is 133 cm³/mol. The van der Waals surface area contributed by atoms with Crippen LogP contribution >= 0.6 is 0 Å². The standard InChI is InChI=1S/C25H27N3O5S/c1-34(31,32)28(23-14-6-9-18-8-2-3-11-20(18)23)17-24(29)27-22-13-5-4-12-21(22)25(30)26-16-19-10-7-15-33-19/h2-6,8-9,11-14,19H,7,10,15-17H2,1H3,(H,26,30)(H,27,29)/t19-/m0/s1. The lowest BCUT2D eigenvalue weighted by Crippen LogP contribution is -2.38. The molecular weight excluding hydrogens is 454 g/mol. The smallest absolute Gasteiger partial charge is 0.253 e. The van der Waals surface area contributed by atoms with Gasteiger partial charge in [0.15, 0.2) is 0 Å². The Kier molecular flexibility index (Phi) is 7.14. The van der Waals surface area contributed by atoms with E-state index in [-0.39, 0.29) is 12.0 Å². The van der Waals surface area contributed by atoms with E-state index in [0.717, 1.165) is 34.2 Å². The Morgan fingerprint density at radius 2 is 1.76 bits per heavy atom. The first-order valence-electron chi connectivity index (χ1n) is 11.1. The number of nitrogens with zero attached hydrogens (tertiary/aromatic N) is 1. The van der Waals surface area contributed by atoms with E-state index in [1.165, 1.54) is 0 Å². The maximum atomic E-state index is 13.0. The van der Waals surface area contributed by atoms with Crippen molar-refractivity contribution in [1.82, 2.24) is 5.32 Å². The van der Waals surface area contributed by atoms with Crippen LogP contribution in [0.25, 0.3) is 10.8 Å². The van der Waals surface area contributed by atoms with Gasteiger partial charge in [-0.15, -0.1) is 0 Å². The number of anilines is 2. The lowest BCUT2D eigenvalue weighted by molar-refractivity contribution is -0.114. The molecule has 0 unspecified atom stereocenters. The van der Waals surface area contributed by atoms with E-state index in [0.29, 0.717) is 30.1 Å². The number of sulfonamides is 1. The van der Waals surface area contributed by atoms with E-state index in [4.69, 9.17) is 4.74 Å². The molecule has 0 saturated carbocycles. The van der Waals surface area contributed by atoms with Gasteiger partial charge in [0, 0.05) is 18.5 Å². The van der Waals surface area contributed by atoms with Crippen molar-refractivity contribution in [2.24, 2.45) is 0 Å². The molecule has 9 heteroatoms. The van der Waals surface area contributed by atoms with Crippen LogP contribution in [0.5, 0.6) is 0 Å². The second-order valence-electron chi connectivity index (χ2n) is 8.21. The van der Waals surface area contributed by atoms with Crippen molar-refractivity contribution in [2.75, 3.05) is 35.6 Å². The number of para-hydroxylation sites is 1. The highest BCUT2D eigenvalue weighted by atomic mass is 32.2. The Balaban J connectivity index is 1.52. The molecule has 0 radical (unpaired) electrons. The predicted octanol–water partition coefficient (Wildman–Crippen LogP) is 3.15. The van der Waals surface area contributed by atoms with Crippen molar-refractivity contribution < 1.29 is 22.7 Å². The molecule has 0 aliphatic carbocycles. The van der Waals surface area contributed by atoms with Crippen molar-refractivity contribution in [1.29, 1.82) is 0 Å². The largest absolute Gasteiger partial charge is 0.376 e. The van der Waals surface area contributed by atoms with Gasteiger partial charge in [0.2, 0.25) is 15.9 Å². The average Bonchev–Trinajstić information content (AvgIpc) is 3.34. The zero-order valence-corrected chi connectivity index (χ0v) is 19.7. The molecule has 2 N–H and O–H groups in total.